The smallest absolute Gasteiger partial charge is 0.410 e. The zero-order chi connectivity index (χ0) is 33.2. The second-order valence-corrected chi connectivity index (χ2v) is 14.7. The molecule has 2 heterocycles. The molecule has 3 aromatic rings. The van der Waals surface area contributed by atoms with Gasteiger partial charge in [-0.25, -0.2) is 17.6 Å². The van der Waals surface area contributed by atoms with Crippen LogP contribution in [0.4, 0.5) is 33.7 Å². The molecule has 0 radical (unpaired) electrons. The van der Waals surface area contributed by atoms with Crippen molar-refractivity contribution in [2.75, 3.05) is 43.6 Å². The average molecular weight is 670 g/mol. The Bertz CT molecular complexity index is 1720. The minimum atomic E-state index is -4.49. The lowest BCUT2D eigenvalue weighted by molar-refractivity contribution is -0.126. The number of piperidine rings is 1. The molecule has 8 nitrogen and oxygen atoms in total. The molecule has 1 aromatic heterocycles. The normalized spacial score (nSPS) is 17.4. The monoisotopic (exact) mass is 669 g/mol. The molecular formula is C31H35F4N3O5S2. The van der Waals surface area contributed by atoms with Gasteiger partial charge in [0.15, 0.2) is 9.84 Å². The molecule has 2 atom stereocenters. The highest BCUT2D eigenvalue weighted by atomic mass is 32.2. The fraction of sp³-hybridized carbons (Fsp3) is 0.452. The van der Waals surface area contributed by atoms with Crippen molar-refractivity contribution in [2.45, 2.75) is 62.5 Å². The first-order chi connectivity index (χ1) is 20.9. The summed E-state index contributed by atoms with van der Waals surface area (Å²) >= 11 is 1.09. The van der Waals surface area contributed by atoms with Crippen molar-refractivity contribution >= 4 is 48.7 Å². The zero-order valence-electron chi connectivity index (χ0n) is 25.5. The summed E-state index contributed by atoms with van der Waals surface area (Å²) in [6, 6.07) is 8.55. The summed E-state index contributed by atoms with van der Waals surface area (Å²) in [5.41, 5.74) is 0.276. The molecule has 1 fully saturated rings. The van der Waals surface area contributed by atoms with Crippen molar-refractivity contribution in [3.8, 4) is 17.6 Å². The molecule has 244 valence electrons. The van der Waals surface area contributed by atoms with Crippen LogP contribution in [-0.4, -0.2) is 76.4 Å². The van der Waals surface area contributed by atoms with Crippen LogP contribution in [0.2, 0.25) is 0 Å². The molecule has 14 heteroatoms. The minimum absolute atomic E-state index is 0.0327. The lowest BCUT2D eigenvalue weighted by Crippen LogP contribution is -2.51. The van der Waals surface area contributed by atoms with Crippen molar-refractivity contribution in [1.29, 1.82) is 0 Å². The Morgan fingerprint density at radius 3 is 2.51 bits per heavy atom. The number of sulfone groups is 1. The van der Waals surface area contributed by atoms with Crippen molar-refractivity contribution in [1.82, 2.24) is 4.90 Å². The number of rotatable bonds is 7. The van der Waals surface area contributed by atoms with Gasteiger partial charge in [-0.05, 0) is 56.3 Å². The second-order valence-electron chi connectivity index (χ2n) is 11.7. The number of hydrogen-bond donors (Lipinski definition) is 2. The number of halogens is 4. The van der Waals surface area contributed by atoms with Crippen LogP contribution in [0, 0.1) is 11.8 Å². The molecule has 1 aliphatic rings. The molecular weight excluding hydrogens is 634 g/mol. The lowest BCUT2D eigenvalue weighted by atomic mass is 10.0. The van der Waals surface area contributed by atoms with Crippen molar-refractivity contribution < 1.29 is 40.2 Å². The largest absolute Gasteiger partial charge is 0.495 e. The van der Waals surface area contributed by atoms with E-state index in [4.69, 9.17) is 9.47 Å². The Kier molecular flexibility index (Phi) is 10.1. The van der Waals surface area contributed by atoms with E-state index in [2.05, 4.69) is 22.5 Å². The summed E-state index contributed by atoms with van der Waals surface area (Å²) in [6.45, 7) is 5.33. The number of carbonyl (C=O) groups is 1. The van der Waals surface area contributed by atoms with Crippen LogP contribution >= 0.6 is 11.3 Å². The number of hydrogen-bond acceptors (Lipinski definition) is 8. The van der Waals surface area contributed by atoms with Gasteiger partial charge in [0.1, 0.15) is 17.5 Å². The predicted octanol–water partition coefficient (Wildman–Crippen LogP) is 6.64. The summed E-state index contributed by atoms with van der Waals surface area (Å²) in [6.07, 6.45) is -6.33. The molecule has 1 aliphatic heterocycles. The minimum Gasteiger partial charge on any atom is -0.495 e. The molecule has 2 aromatic carbocycles. The van der Waals surface area contributed by atoms with Crippen LogP contribution in [0.3, 0.4) is 0 Å². The molecule has 1 saturated heterocycles. The average Bonchev–Trinajstić information content (AvgIpc) is 3.27. The number of carbonyl (C=O) groups excluding carboxylic acids is 1. The molecule has 2 unspecified atom stereocenters. The van der Waals surface area contributed by atoms with Gasteiger partial charge in [0.05, 0.1) is 58.5 Å². The van der Waals surface area contributed by atoms with Crippen LogP contribution in [0.1, 0.15) is 37.6 Å². The third-order valence-electron chi connectivity index (χ3n) is 6.90. The molecule has 45 heavy (non-hydrogen) atoms. The van der Waals surface area contributed by atoms with E-state index < -0.39 is 46.3 Å². The SMILES string of the molecule is COc1cc(S(C)(=O)=O)ccc1NCC#Cc1sc2c(NC3CCN(C(=O)OC(C)(C)C)CC3F)cccc2c1CC(F)(F)F. The standard InChI is InChI=1S/C31H35F4N3O5S2/c1-30(2,3)43-29(39)38-15-13-23(22(32)18-38)37-25-9-6-8-20-21(17-31(33,34)35)27(44-28(20)25)10-7-14-36-24-12-11-19(45(5,40)41)16-26(24)42-4/h6,8-9,11-12,16,22-23,36-37H,13-15,17-18H2,1-5H3. The fourth-order valence-electron chi connectivity index (χ4n) is 4.83. The van der Waals surface area contributed by atoms with Gasteiger partial charge in [0.25, 0.3) is 0 Å². The maximum absolute atomic E-state index is 15.2. The maximum Gasteiger partial charge on any atom is 0.410 e. The Balaban J connectivity index is 1.55. The van der Waals surface area contributed by atoms with Gasteiger partial charge in [0, 0.05) is 18.9 Å². The highest BCUT2D eigenvalue weighted by molar-refractivity contribution is 7.90. The number of nitrogens with one attached hydrogen (secondary N) is 2. The number of benzene rings is 2. The van der Waals surface area contributed by atoms with Crippen LogP contribution in [-0.2, 0) is 21.0 Å². The van der Waals surface area contributed by atoms with Gasteiger partial charge >= 0.3 is 12.3 Å². The van der Waals surface area contributed by atoms with Gasteiger partial charge in [-0.15, -0.1) is 11.3 Å². The van der Waals surface area contributed by atoms with E-state index in [1.807, 2.05) is 0 Å². The molecule has 4 rings (SSSR count). The van der Waals surface area contributed by atoms with E-state index in [9.17, 15) is 26.4 Å². The maximum atomic E-state index is 15.2. The topological polar surface area (TPSA) is 97.0 Å². The predicted molar refractivity (Wildman–Crippen MR) is 168 cm³/mol. The number of amides is 1. The van der Waals surface area contributed by atoms with E-state index in [1.165, 1.54) is 30.2 Å². The van der Waals surface area contributed by atoms with Crippen molar-refractivity contribution in [3.63, 3.8) is 0 Å². The number of nitrogens with zero attached hydrogens (tertiary/aromatic N) is 1. The van der Waals surface area contributed by atoms with Gasteiger partial charge in [0.2, 0.25) is 0 Å². The quantitative estimate of drug-likeness (QED) is 0.215. The van der Waals surface area contributed by atoms with E-state index >= 15 is 4.39 Å². The van der Waals surface area contributed by atoms with E-state index in [-0.39, 0.29) is 47.1 Å². The third-order valence-corrected chi connectivity index (χ3v) is 9.21. The molecule has 0 saturated carbocycles. The fourth-order valence-corrected chi connectivity index (χ4v) is 6.64. The van der Waals surface area contributed by atoms with E-state index in [1.54, 1.807) is 39.0 Å². The Hall–Kier alpha value is -3.70. The Morgan fingerprint density at radius 1 is 1.16 bits per heavy atom. The summed E-state index contributed by atoms with van der Waals surface area (Å²) in [5, 5.41) is 6.54. The zero-order valence-corrected chi connectivity index (χ0v) is 27.1. The van der Waals surface area contributed by atoms with Crippen molar-refractivity contribution in [3.05, 3.63) is 46.8 Å². The van der Waals surface area contributed by atoms with Crippen molar-refractivity contribution in [2.24, 2.45) is 0 Å². The summed E-state index contributed by atoms with van der Waals surface area (Å²) in [4.78, 5) is 14.0. The van der Waals surface area contributed by atoms with Crippen LogP contribution in [0.5, 0.6) is 5.75 Å². The number of fused-ring (bicyclic) bond motifs is 1. The first-order valence-corrected chi connectivity index (χ1v) is 16.8. The molecule has 1 amide bonds. The third kappa shape index (κ3) is 8.94. The molecule has 0 spiro atoms. The first-order valence-electron chi connectivity index (χ1n) is 14.1. The van der Waals surface area contributed by atoms with E-state index in [0.717, 1.165) is 17.6 Å². The number of anilines is 2. The van der Waals surface area contributed by atoms with Gasteiger partial charge in [-0.2, -0.15) is 13.2 Å². The number of alkyl halides is 4. The Morgan fingerprint density at radius 2 is 1.89 bits per heavy atom. The highest BCUT2D eigenvalue weighted by Gasteiger charge is 2.35. The van der Waals surface area contributed by atoms with Crippen LogP contribution < -0.4 is 15.4 Å². The van der Waals surface area contributed by atoms with E-state index in [0.29, 0.717) is 21.5 Å². The number of thiophene rings is 1. The van der Waals surface area contributed by atoms with Crippen LogP contribution in [0.25, 0.3) is 10.1 Å². The highest BCUT2D eigenvalue weighted by Crippen LogP contribution is 2.39. The number of likely N-dealkylation sites (tertiary alicyclic amines) is 1. The van der Waals surface area contributed by atoms with Gasteiger partial charge < -0.3 is 25.0 Å². The Labute approximate surface area is 264 Å². The summed E-state index contributed by atoms with van der Waals surface area (Å²) in [7, 11) is -2.06. The van der Waals surface area contributed by atoms with Gasteiger partial charge in [-0.3, -0.25) is 0 Å². The molecule has 0 aliphatic carbocycles. The lowest BCUT2D eigenvalue weighted by Gasteiger charge is -2.36. The second kappa shape index (κ2) is 13.3. The first kappa shape index (κ1) is 34.2. The number of methoxy groups -OCH3 is 1. The molecule has 0 bridgehead atoms. The van der Waals surface area contributed by atoms with Crippen LogP contribution in [0.15, 0.2) is 41.3 Å². The molecule has 2 N–H and O–H groups in total. The number of ether oxygens (including phenoxy) is 2. The summed E-state index contributed by atoms with van der Waals surface area (Å²) < 4.78 is 91.0. The van der Waals surface area contributed by atoms with Gasteiger partial charge in [-0.1, -0.05) is 24.0 Å². The summed E-state index contributed by atoms with van der Waals surface area (Å²) in [5.74, 6) is 5.98.